The van der Waals surface area contributed by atoms with Gasteiger partial charge in [-0.3, -0.25) is 0 Å². The fraction of sp³-hybridized carbons (Fsp3) is 0.308. The Hall–Kier alpha value is -1.70. The lowest BCUT2D eigenvalue weighted by molar-refractivity contribution is 0.430. The molecule has 106 valence electrons. The van der Waals surface area contributed by atoms with Crippen molar-refractivity contribution in [2.75, 3.05) is 13.1 Å². The monoisotopic (exact) mass is 293 g/mol. The highest BCUT2D eigenvalue weighted by atomic mass is 32.2. The summed E-state index contributed by atoms with van der Waals surface area (Å²) in [6.07, 6.45) is 2.17. The van der Waals surface area contributed by atoms with Crippen molar-refractivity contribution in [2.45, 2.75) is 17.4 Å². The Kier molecular flexibility index (Phi) is 3.33. The third kappa shape index (κ3) is 2.24. The summed E-state index contributed by atoms with van der Waals surface area (Å²) in [4.78, 5) is 0.228. The van der Waals surface area contributed by atoms with Gasteiger partial charge in [0.15, 0.2) is 5.76 Å². The molecule has 7 heteroatoms. The molecule has 2 heterocycles. The van der Waals surface area contributed by atoms with Gasteiger partial charge in [-0.1, -0.05) is 17.3 Å². The van der Waals surface area contributed by atoms with Crippen LogP contribution >= 0.6 is 0 Å². The summed E-state index contributed by atoms with van der Waals surface area (Å²) >= 11 is 0. The average molecular weight is 293 g/mol. The molecular formula is C13H15N3O3S. The van der Waals surface area contributed by atoms with Crippen LogP contribution in [0, 0.1) is 0 Å². The van der Waals surface area contributed by atoms with E-state index in [2.05, 4.69) is 5.16 Å². The molecule has 1 aliphatic heterocycles. The predicted molar refractivity (Wildman–Crippen MR) is 73.3 cm³/mol. The van der Waals surface area contributed by atoms with Gasteiger partial charge < -0.3 is 10.3 Å². The third-order valence-electron chi connectivity index (χ3n) is 3.40. The van der Waals surface area contributed by atoms with Crippen LogP contribution in [0.3, 0.4) is 0 Å². The first-order chi connectivity index (χ1) is 9.59. The van der Waals surface area contributed by atoms with Crippen molar-refractivity contribution >= 4 is 10.0 Å². The zero-order valence-corrected chi connectivity index (χ0v) is 11.6. The fourth-order valence-electron chi connectivity index (χ4n) is 2.36. The van der Waals surface area contributed by atoms with Crippen LogP contribution in [0.2, 0.25) is 0 Å². The number of hydrogen-bond acceptors (Lipinski definition) is 5. The first-order valence-electron chi connectivity index (χ1n) is 6.35. The predicted octanol–water partition coefficient (Wildman–Crippen LogP) is 1.06. The molecule has 6 nitrogen and oxygen atoms in total. The molecule has 0 aliphatic carbocycles. The minimum absolute atomic E-state index is 0.0952. The summed E-state index contributed by atoms with van der Waals surface area (Å²) in [5.74, 6) is 0.438. The molecule has 0 radical (unpaired) electrons. The molecule has 0 spiro atoms. The van der Waals surface area contributed by atoms with Crippen LogP contribution in [0.1, 0.15) is 6.42 Å². The SMILES string of the molecule is NC1CCN(S(=O)(=O)c2ccccc2-c2ccno2)C1. The second-order valence-electron chi connectivity index (χ2n) is 4.78. The summed E-state index contributed by atoms with van der Waals surface area (Å²) in [5.41, 5.74) is 6.32. The average Bonchev–Trinajstić information content (AvgIpc) is 3.10. The topological polar surface area (TPSA) is 89.4 Å². The third-order valence-corrected chi connectivity index (χ3v) is 5.32. The molecule has 2 N–H and O–H groups in total. The van der Waals surface area contributed by atoms with Crippen LogP contribution in [0.15, 0.2) is 45.9 Å². The van der Waals surface area contributed by atoms with Crippen LogP contribution in [0.4, 0.5) is 0 Å². The Morgan fingerprint density at radius 2 is 2.10 bits per heavy atom. The molecule has 1 aromatic heterocycles. The quantitative estimate of drug-likeness (QED) is 0.914. The second-order valence-corrected chi connectivity index (χ2v) is 6.69. The van der Waals surface area contributed by atoms with E-state index in [4.69, 9.17) is 10.3 Å². The van der Waals surface area contributed by atoms with E-state index in [-0.39, 0.29) is 10.9 Å². The van der Waals surface area contributed by atoms with Crippen LogP contribution in [-0.2, 0) is 10.0 Å². The number of hydrogen-bond donors (Lipinski definition) is 1. The molecular weight excluding hydrogens is 278 g/mol. The molecule has 1 unspecified atom stereocenters. The maximum atomic E-state index is 12.7. The molecule has 0 amide bonds. The molecule has 20 heavy (non-hydrogen) atoms. The van der Waals surface area contributed by atoms with Crippen LogP contribution < -0.4 is 5.73 Å². The van der Waals surface area contributed by atoms with Gasteiger partial charge in [0.1, 0.15) is 0 Å². The van der Waals surface area contributed by atoms with E-state index in [0.29, 0.717) is 30.8 Å². The van der Waals surface area contributed by atoms with Gasteiger partial charge in [-0.2, -0.15) is 4.31 Å². The van der Waals surface area contributed by atoms with E-state index in [1.54, 1.807) is 30.3 Å². The molecule has 0 bridgehead atoms. The van der Waals surface area contributed by atoms with Crippen molar-refractivity contribution in [3.05, 3.63) is 36.5 Å². The molecule has 3 rings (SSSR count). The maximum Gasteiger partial charge on any atom is 0.243 e. The minimum atomic E-state index is -3.56. The van der Waals surface area contributed by atoms with E-state index in [0.717, 1.165) is 0 Å². The van der Waals surface area contributed by atoms with Gasteiger partial charge >= 0.3 is 0 Å². The van der Waals surface area contributed by atoms with Crippen molar-refractivity contribution in [3.63, 3.8) is 0 Å². The standard InChI is InChI=1S/C13H15N3O3S/c14-10-6-8-16(9-10)20(17,18)13-4-2-1-3-11(13)12-5-7-15-19-12/h1-5,7,10H,6,8-9,14H2. The molecule has 1 aliphatic rings. The van der Waals surface area contributed by atoms with Gasteiger partial charge in [-0.15, -0.1) is 0 Å². The van der Waals surface area contributed by atoms with Crippen molar-refractivity contribution in [3.8, 4) is 11.3 Å². The lowest BCUT2D eigenvalue weighted by atomic mass is 10.2. The number of aromatic nitrogens is 1. The van der Waals surface area contributed by atoms with Crippen molar-refractivity contribution in [1.29, 1.82) is 0 Å². The first-order valence-corrected chi connectivity index (χ1v) is 7.79. The lowest BCUT2D eigenvalue weighted by Gasteiger charge is -2.17. The molecule has 1 aromatic carbocycles. The van der Waals surface area contributed by atoms with Crippen molar-refractivity contribution in [1.82, 2.24) is 9.46 Å². The van der Waals surface area contributed by atoms with Crippen molar-refractivity contribution < 1.29 is 12.9 Å². The molecule has 1 fully saturated rings. The van der Waals surface area contributed by atoms with E-state index in [1.807, 2.05) is 0 Å². The largest absolute Gasteiger partial charge is 0.356 e. The zero-order valence-electron chi connectivity index (χ0n) is 10.8. The first kappa shape index (κ1) is 13.3. The summed E-state index contributed by atoms with van der Waals surface area (Å²) in [6.45, 7) is 0.807. The van der Waals surface area contributed by atoms with Gasteiger partial charge in [0.2, 0.25) is 10.0 Å². The van der Waals surface area contributed by atoms with Gasteiger partial charge in [0.05, 0.1) is 11.1 Å². The normalized spacial score (nSPS) is 20.4. The summed E-state index contributed by atoms with van der Waals surface area (Å²) in [7, 11) is -3.56. The Morgan fingerprint density at radius 1 is 1.30 bits per heavy atom. The Balaban J connectivity index is 2.06. The summed E-state index contributed by atoms with van der Waals surface area (Å²) < 4.78 is 31.9. The Morgan fingerprint density at radius 3 is 2.75 bits per heavy atom. The zero-order chi connectivity index (χ0) is 14.2. The van der Waals surface area contributed by atoms with Crippen LogP contribution in [-0.4, -0.2) is 37.0 Å². The van der Waals surface area contributed by atoms with Gasteiger partial charge in [0.25, 0.3) is 0 Å². The van der Waals surface area contributed by atoms with Gasteiger partial charge in [-0.05, 0) is 18.6 Å². The van der Waals surface area contributed by atoms with Gasteiger partial charge in [-0.25, -0.2) is 8.42 Å². The smallest absolute Gasteiger partial charge is 0.243 e. The van der Waals surface area contributed by atoms with E-state index >= 15 is 0 Å². The van der Waals surface area contributed by atoms with E-state index < -0.39 is 10.0 Å². The Bertz CT molecular complexity index is 697. The number of benzene rings is 1. The van der Waals surface area contributed by atoms with Crippen molar-refractivity contribution in [2.24, 2.45) is 5.73 Å². The molecule has 0 saturated carbocycles. The number of nitrogens with two attached hydrogens (primary N) is 1. The summed E-state index contributed by atoms with van der Waals surface area (Å²) in [6, 6.07) is 8.31. The minimum Gasteiger partial charge on any atom is -0.356 e. The highest BCUT2D eigenvalue weighted by Crippen LogP contribution is 2.30. The van der Waals surface area contributed by atoms with Crippen LogP contribution in [0.5, 0.6) is 0 Å². The summed E-state index contributed by atoms with van der Waals surface area (Å²) in [5, 5.41) is 3.63. The van der Waals surface area contributed by atoms with E-state index in [9.17, 15) is 8.42 Å². The molecule has 2 aromatic rings. The molecule has 1 atom stereocenters. The maximum absolute atomic E-state index is 12.7. The number of nitrogens with zero attached hydrogens (tertiary/aromatic N) is 2. The Labute approximate surface area is 117 Å². The lowest BCUT2D eigenvalue weighted by Crippen LogP contribution is -2.32. The van der Waals surface area contributed by atoms with E-state index in [1.165, 1.54) is 10.5 Å². The fourth-order valence-corrected chi connectivity index (χ4v) is 4.07. The number of sulfonamides is 1. The highest BCUT2D eigenvalue weighted by Gasteiger charge is 2.32. The number of rotatable bonds is 3. The highest BCUT2D eigenvalue weighted by molar-refractivity contribution is 7.89. The van der Waals surface area contributed by atoms with Crippen LogP contribution in [0.25, 0.3) is 11.3 Å². The van der Waals surface area contributed by atoms with Gasteiger partial charge in [0, 0.05) is 30.8 Å². The molecule has 1 saturated heterocycles. The second kappa shape index (κ2) is 5.01.